The number of nitrogens with zero attached hydrogens (tertiary/aromatic N) is 1. The molecule has 0 aliphatic heterocycles. The number of aryl methyl sites for hydroxylation is 2. The van der Waals surface area contributed by atoms with Gasteiger partial charge in [0.1, 0.15) is 5.03 Å². The van der Waals surface area contributed by atoms with Gasteiger partial charge >= 0.3 is 5.97 Å². The second kappa shape index (κ2) is 5.56. The van der Waals surface area contributed by atoms with Crippen molar-refractivity contribution in [3.05, 3.63) is 34.9 Å². The first-order valence-electron chi connectivity index (χ1n) is 4.48. The summed E-state index contributed by atoms with van der Waals surface area (Å²) in [6, 6.07) is 3.98. The van der Waals surface area contributed by atoms with E-state index in [1.807, 2.05) is 26.0 Å². The van der Waals surface area contributed by atoms with Gasteiger partial charge in [-0.15, -0.1) is 0 Å². The minimum atomic E-state index is -0.355. The summed E-state index contributed by atoms with van der Waals surface area (Å²) in [7, 11) is 1.35. The Labute approximate surface area is 93.5 Å². The molecule has 0 radical (unpaired) electrons. The monoisotopic (exact) mass is 223 g/mol. The Balaban J connectivity index is 2.65. The third-order valence-electron chi connectivity index (χ3n) is 1.67. The zero-order chi connectivity index (χ0) is 11.3. The summed E-state index contributed by atoms with van der Waals surface area (Å²) in [5.41, 5.74) is 2.14. The highest BCUT2D eigenvalue weighted by Gasteiger charge is 1.97. The molecule has 1 aromatic rings. The van der Waals surface area contributed by atoms with Gasteiger partial charge in [-0.25, -0.2) is 9.78 Å². The minimum absolute atomic E-state index is 0.355. The average Bonchev–Trinajstić information content (AvgIpc) is 2.16. The van der Waals surface area contributed by atoms with Crippen molar-refractivity contribution in [1.29, 1.82) is 0 Å². The number of aromatic nitrogens is 1. The Morgan fingerprint density at radius 2 is 2.20 bits per heavy atom. The van der Waals surface area contributed by atoms with Gasteiger partial charge in [0.15, 0.2) is 0 Å². The molecule has 0 unspecified atom stereocenters. The fourth-order valence-electron chi connectivity index (χ4n) is 1.09. The summed E-state index contributed by atoms with van der Waals surface area (Å²) in [4.78, 5) is 15.1. The Kier molecular flexibility index (Phi) is 4.37. The summed E-state index contributed by atoms with van der Waals surface area (Å²) < 4.78 is 4.48. The zero-order valence-electron chi connectivity index (χ0n) is 8.98. The predicted octanol–water partition coefficient (Wildman–Crippen LogP) is 2.48. The van der Waals surface area contributed by atoms with Crippen molar-refractivity contribution >= 4 is 17.7 Å². The molecule has 0 saturated carbocycles. The van der Waals surface area contributed by atoms with Crippen LogP contribution < -0.4 is 0 Å². The van der Waals surface area contributed by atoms with E-state index in [4.69, 9.17) is 0 Å². The fourth-order valence-corrected chi connectivity index (χ4v) is 1.86. The van der Waals surface area contributed by atoms with Gasteiger partial charge in [-0.05, 0) is 37.0 Å². The summed E-state index contributed by atoms with van der Waals surface area (Å²) in [6.07, 6.45) is 1.38. The van der Waals surface area contributed by atoms with Crippen LogP contribution in [0.2, 0.25) is 0 Å². The maximum absolute atomic E-state index is 10.8. The smallest absolute Gasteiger partial charge is 0.330 e. The average molecular weight is 223 g/mol. The first-order valence-corrected chi connectivity index (χ1v) is 5.36. The molecule has 1 aromatic heterocycles. The highest BCUT2D eigenvalue weighted by molar-refractivity contribution is 8.02. The van der Waals surface area contributed by atoms with E-state index in [2.05, 4.69) is 9.72 Å². The van der Waals surface area contributed by atoms with E-state index in [-0.39, 0.29) is 5.97 Å². The van der Waals surface area contributed by atoms with Gasteiger partial charge in [0, 0.05) is 11.8 Å². The molecule has 1 heterocycles. The molecule has 0 N–H and O–H groups in total. The van der Waals surface area contributed by atoms with Crippen molar-refractivity contribution in [2.45, 2.75) is 18.9 Å². The number of carbonyl (C=O) groups excluding carboxylic acids is 1. The maximum Gasteiger partial charge on any atom is 0.330 e. The van der Waals surface area contributed by atoms with E-state index in [1.54, 1.807) is 5.41 Å². The number of thioether (sulfide) groups is 1. The molecular weight excluding hydrogens is 210 g/mol. The third-order valence-corrected chi connectivity index (χ3v) is 2.39. The van der Waals surface area contributed by atoms with Crippen LogP contribution >= 0.6 is 11.8 Å². The van der Waals surface area contributed by atoms with Crippen molar-refractivity contribution in [3.63, 3.8) is 0 Å². The fraction of sp³-hybridized carbons (Fsp3) is 0.273. The molecule has 0 aliphatic carbocycles. The van der Waals surface area contributed by atoms with Gasteiger partial charge in [0.25, 0.3) is 0 Å². The largest absolute Gasteiger partial charge is 0.466 e. The molecule has 0 spiro atoms. The number of pyridine rings is 1. The molecule has 80 valence electrons. The van der Waals surface area contributed by atoms with E-state index < -0.39 is 0 Å². The lowest BCUT2D eigenvalue weighted by Gasteiger charge is -1.99. The van der Waals surface area contributed by atoms with Crippen LogP contribution in [0.1, 0.15) is 11.3 Å². The molecule has 0 fully saturated rings. The van der Waals surface area contributed by atoms with Crippen LogP contribution in [-0.4, -0.2) is 18.1 Å². The van der Waals surface area contributed by atoms with Crippen molar-refractivity contribution in [1.82, 2.24) is 4.98 Å². The molecule has 0 aromatic carbocycles. The number of rotatable bonds is 3. The summed E-state index contributed by atoms with van der Waals surface area (Å²) in [6.45, 7) is 3.96. The Hall–Kier alpha value is -1.29. The van der Waals surface area contributed by atoms with Crippen molar-refractivity contribution in [2.24, 2.45) is 0 Å². The normalized spacial score (nSPS) is 10.6. The van der Waals surface area contributed by atoms with E-state index in [0.717, 1.165) is 16.3 Å². The lowest BCUT2D eigenvalue weighted by Crippen LogP contribution is -1.92. The van der Waals surface area contributed by atoms with Gasteiger partial charge < -0.3 is 4.74 Å². The number of carbonyl (C=O) groups is 1. The van der Waals surface area contributed by atoms with E-state index in [9.17, 15) is 4.79 Å². The number of ether oxygens (including phenoxy) is 1. The molecule has 3 nitrogen and oxygen atoms in total. The zero-order valence-corrected chi connectivity index (χ0v) is 9.80. The predicted molar refractivity (Wildman–Crippen MR) is 60.7 cm³/mol. The van der Waals surface area contributed by atoms with Crippen LogP contribution in [0.3, 0.4) is 0 Å². The van der Waals surface area contributed by atoms with Crippen molar-refractivity contribution < 1.29 is 9.53 Å². The first kappa shape index (κ1) is 11.8. The number of hydrogen-bond acceptors (Lipinski definition) is 4. The van der Waals surface area contributed by atoms with Gasteiger partial charge in [0.2, 0.25) is 0 Å². The summed E-state index contributed by atoms with van der Waals surface area (Å²) >= 11 is 1.40. The number of hydrogen-bond donors (Lipinski definition) is 0. The SMILES string of the molecule is COC(=O)/C=C/Sc1cc(C)cc(C)n1. The van der Waals surface area contributed by atoms with Crippen molar-refractivity contribution in [3.8, 4) is 0 Å². The molecule has 0 bridgehead atoms. The molecule has 15 heavy (non-hydrogen) atoms. The van der Waals surface area contributed by atoms with Crippen LogP contribution in [0, 0.1) is 13.8 Å². The van der Waals surface area contributed by atoms with Crippen LogP contribution in [-0.2, 0) is 9.53 Å². The number of methoxy groups -OCH3 is 1. The quantitative estimate of drug-likeness (QED) is 0.448. The van der Waals surface area contributed by atoms with Crippen LogP contribution in [0.25, 0.3) is 0 Å². The second-order valence-electron chi connectivity index (χ2n) is 3.07. The van der Waals surface area contributed by atoms with Crippen LogP contribution in [0.15, 0.2) is 28.6 Å². The highest BCUT2D eigenvalue weighted by atomic mass is 32.2. The second-order valence-corrected chi connectivity index (χ2v) is 3.99. The first-order chi connectivity index (χ1) is 7.11. The van der Waals surface area contributed by atoms with E-state index in [0.29, 0.717) is 0 Å². The lowest BCUT2D eigenvalue weighted by atomic mass is 10.3. The molecule has 0 amide bonds. The van der Waals surface area contributed by atoms with Gasteiger partial charge in [0.05, 0.1) is 7.11 Å². The Morgan fingerprint density at radius 1 is 1.47 bits per heavy atom. The lowest BCUT2D eigenvalue weighted by molar-refractivity contribution is -0.134. The third kappa shape index (κ3) is 4.16. The maximum atomic E-state index is 10.8. The van der Waals surface area contributed by atoms with Crippen molar-refractivity contribution in [2.75, 3.05) is 7.11 Å². The molecular formula is C11H13NO2S. The molecule has 0 saturated heterocycles. The van der Waals surface area contributed by atoms with Gasteiger partial charge in [-0.2, -0.15) is 0 Å². The van der Waals surface area contributed by atoms with Gasteiger partial charge in [-0.1, -0.05) is 11.8 Å². The summed E-state index contributed by atoms with van der Waals surface area (Å²) in [5.74, 6) is -0.355. The molecule has 0 atom stereocenters. The van der Waals surface area contributed by atoms with Gasteiger partial charge in [-0.3, -0.25) is 0 Å². The standard InChI is InChI=1S/C11H13NO2S/c1-8-6-9(2)12-10(7-8)15-5-4-11(13)14-3/h4-7H,1-3H3/b5-4+. The van der Waals surface area contributed by atoms with Crippen LogP contribution in [0.5, 0.6) is 0 Å². The molecule has 1 rings (SSSR count). The minimum Gasteiger partial charge on any atom is -0.466 e. The Morgan fingerprint density at radius 3 is 2.80 bits per heavy atom. The van der Waals surface area contributed by atoms with E-state index in [1.165, 1.54) is 24.9 Å². The Bertz CT molecular complexity index is 368. The number of esters is 1. The molecule has 0 aliphatic rings. The molecule has 4 heteroatoms. The summed E-state index contributed by atoms with van der Waals surface area (Å²) in [5, 5.41) is 2.56. The van der Waals surface area contributed by atoms with Crippen LogP contribution in [0.4, 0.5) is 0 Å². The topological polar surface area (TPSA) is 39.2 Å². The highest BCUT2D eigenvalue weighted by Crippen LogP contribution is 2.18. The van der Waals surface area contributed by atoms with E-state index >= 15 is 0 Å².